The van der Waals surface area contributed by atoms with E-state index in [2.05, 4.69) is 10.2 Å². The second-order valence-corrected chi connectivity index (χ2v) is 11.8. The number of hydrogen-bond donors (Lipinski definition) is 1. The maximum absolute atomic E-state index is 15.3. The average molecular weight is 535 g/mol. The van der Waals surface area contributed by atoms with Gasteiger partial charge in [-0.1, -0.05) is 30.7 Å². The Morgan fingerprint density at radius 3 is 2.58 bits per heavy atom. The Kier molecular flexibility index (Phi) is 6.36. The number of aromatic nitrogens is 2. The lowest BCUT2D eigenvalue weighted by Crippen LogP contribution is -2.45. The van der Waals surface area contributed by atoms with Gasteiger partial charge in [0.25, 0.3) is 5.89 Å². The van der Waals surface area contributed by atoms with Crippen LogP contribution >= 0.6 is 11.6 Å². The van der Waals surface area contributed by atoms with Crippen molar-refractivity contribution < 1.29 is 26.8 Å². The summed E-state index contributed by atoms with van der Waals surface area (Å²) in [6.07, 6.45) is 1.33. The third-order valence-corrected chi connectivity index (χ3v) is 8.73. The first-order valence-corrected chi connectivity index (χ1v) is 13.4. The number of nitrogens with two attached hydrogens (primary N) is 1. The van der Waals surface area contributed by atoms with Crippen LogP contribution in [0.3, 0.4) is 0 Å². The molecule has 0 bridgehead atoms. The fourth-order valence-corrected chi connectivity index (χ4v) is 6.12. The summed E-state index contributed by atoms with van der Waals surface area (Å²) in [5.74, 6) is -1.87. The van der Waals surface area contributed by atoms with Crippen LogP contribution < -0.4 is 10.6 Å². The predicted octanol–water partition coefficient (Wildman–Crippen LogP) is 3.25. The molecule has 2 aliphatic heterocycles. The Labute approximate surface area is 212 Å². The van der Waals surface area contributed by atoms with E-state index in [1.54, 1.807) is 24.3 Å². The summed E-state index contributed by atoms with van der Waals surface area (Å²) in [4.78, 5) is 14.1. The van der Waals surface area contributed by atoms with Crippen molar-refractivity contribution in [2.24, 2.45) is 5.73 Å². The van der Waals surface area contributed by atoms with E-state index >= 15 is 4.39 Å². The molecule has 5 rings (SSSR count). The van der Waals surface area contributed by atoms with Gasteiger partial charge in [-0.15, -0.1) is 10.2 Å². The van der Waals surface area contributed by atoms with Gasteiger partial charge in [-0.25, -0.2) is 12.8 Å². The molecule has 0 aliphatic carbocycles. The van der Waals surface area contributed by atoms with Crippen molar-refractivity contribution in [3.8, 4) is 11.5 Å². The van der Waals surface area contributed by atoms with Crippen molar-refractivity contribution in [2.75, 3.05) is 23.9 Å². The molecule has 1 saturated heterocycles. The van der Waals surface area contributed by atoms with E-state index in [4.69, 9.17) is 26.5 Å². The number of halogens is 2. The van der Waals surface area contributed by atoms with E-state index in [0.717, 1.165) is 6.07 Å². The van der Waals surface area contributed by atoms with Gasteiger partial charge in [-0.05, 0) is 42.7 Å². The van der Waals surface area contributed by atoms with E-state index in [0.29, 0.717) is 42.5 Å². The number of rotatable bonds is 4. The Morgan fingerprint density at radius 1 is 1.19 bits per heavy atom. The zero-order valence-corrected chi connectivity index (χ0v) is 21.0. The molecule has 3 aromatic rings. The number of benzene rings is 2. The molecular formula is C24H24ClFN4O5S. The topological polar surface area (TPSA) is 129 Å². The zero-order valence-electron chi connectivity index (χ0n) is 19.4. The van der Waals surface area contributed by atoms with Crippen molar-refractivity contribution >= 4 is 33.0 Å². The van der Waals surface area contributed by atoms with Gasteiger partial charge in [-0.3, -0.25) is 4.79 Å². The van der Waals surface area contributed by atoms with Gasteiger partial charge in [0.05, 0.1) is 39.9 Å². The summed E-state index contributed by atoms with van der Waals surface area (Å²) >= 11 is 5.97. The minimum Gasteiger partial charge on any atom is -0.420 e. The molecule has 1 atom stereocenters. The monoisotopic (exact) mass is 534 g/mol. The average Bonchev–Trinajstić information content (AvgIpc) is 3.32. The number of fused-ring (bicyclic) bond motifs is 1. The predicted molar refractivity (Wildman–Crippen MR) is 130 cm³/mol. The third-order valence-electron chi connectivity index (χ3n) is 6.68. The normalized spacial score (nSPS) is 21.2. The highest BCUT2D eigenvalue weighted by molar-refractivity contribution is 7.91. The molecule has 0 radical (unpaired) electrons. The summed E-state index contributed by atoms with van der Waals surface area (Å²) < 4.78 is 52.7. The molecular weight excluding hydrogens is 511 g/mol. The van der Waals surface area contributed by atoms with E-state index < -0.39 is 38.8 Å². The summed E-state index contributed by atoms with van der Waals surface area (Å²) in [5.41, 5.74) is 6.11. The lowest BCUT2D eigenvalue weighted by molar-refractivity contribution is -0.119. The van der Waals surface area contributed by atoms with Crippen LogP contribution in [0.1, 0.15) is 31.2 Å². The lowest BCUT2D eigenvalue weighted by atomic mass is 9.82. The lowest BCUT2D eigenvalue weighted by Gasteiger charge is -2.29. The quantitative estimate of drug-likeness (QED) is 0.540. The van der Waals surface area contributed by atoms with Crippen LogP contribution in [0.25, 0.3) is 11.5 Å². The molecule has 190 valence electrons. The van der Waals surface area contributed by atoms with E-state index in [-0.39, 0.29) is 28.6 Å². The first kappa shape index (κ1) is 24.8. The Morgan fingerprint density at radius 2 is 1.89 bits per heavy atom. The second-order valence-electron chi connectivity index (χ2n) is 9.32. The van der Waals surface area contributed by atoms with Gasteiger partial charge in [0, 0.05) is 18.2 Å². The number of anilines is 1. The van der Waals surface area contributed by atoms with E-state index in [1.807, 2.05) is 6.92 Å². The van der Waals surface area contributed by atoms with Crippen LogP contribution in [0.15, 0.2) is 45.7 Å². The third kappa shape index (κ3) is 4.52. The number of nitrogens with zero attached hydrogens (tertiary/aromatic N) is 3. The number of carbonyl (C=O) groups is 1. The van der Waals surface area contributed by atoms with Crippen molar-refractivity contribution in [3.63, 3.8) is 0 Å². The number of amides is 1. The first-order valence-electron chi connectivity index (χ1n) is 11.4. The number of sulfone groups is 1. The van der Waals surface area contributed by atoms with Crippen LogP contribution in [0.2, 0.25) is 5.02 Å². The van der Waals surface area contributed by atoms with Gasteiger partial charge in [0.1, 0.15) is 5.82 Å². The summed E-state index contributed by atoms with van der Waals surface area (Å²) in [6.45, 7) is 3.06. The smallest absolute Gasteiger partial charge is 0.250 e. The van der Waals surface area contributed by atoms with Crippen molar-refractivity contribution in [2.45, 2.75) is 42.7 Å². The molecule has 1 aromatic heterocycles. The Bertz CT molecular complexity index is 1420. The zero-order chi connectivity index (χ0) is 25.7. The molecule has 2 aromatic carbocycles. The largest absolute Gasteiger partial charge is 0.420 e. The highest BCUT2D eigenvalue weighted by Crippen LogP contribution is 2.39. The molecule has 9 nitrogen and oxygen atoms in total. The molecule has 0 saturated carbocycles. The van der Waals surface area contributed by atoms with Crippen molar-refractivity contribution in [3.05, 3.63) is 58.7 Å². The Balaban J connectivity index is 1.62. The number of ether oxygens (including phenoxy) is 1. The fraction of sp³-hybridized carbons (Fsp3) is 0.375. The van der Waals surface area contributed by atoms with Gasteiger partial charge in [0.2, 0.25) is 11.8 Å². The van der Waals surface area contributed by atoms with Gasteiger partial charge < -0.3 is 19.8 Å². The van der Waals surface area contributed by atoms with Crippen LogP contribution in [0.4, 0.5) is 10.1 Å². The molecule has 12 heteroatoms. The minimum absolute atomic E-state index is 0.00340. The minimum atomic E-state index is -4.06. The van der Waals surface area contributed by atoms with E-state index in [9.17, 15) is 13.2 Å². The molecule has 0 spiro atoms. The van der Waals surface area contributed by atoms with Crippen LogP contribution in [-0.4, -0.2) is 49.5 Å². The molecule has 1 amide bonds. The second kappa shape index (κ2) is 9.22. The highest BCUT2D eigenvalue weighted by atomic mass is 35.5. The fourth-order valence-electron chi connectivity index (χ4n) is 4.43. The summed E-state index contributed by atoms with van der Waals surface area (Å²) in [7, 11) is -4.06. The van der Waals surface area contributed by atoms with Crippen molar-refractivity contribution in [1.29, 1.82) is 0 Å². The number of hydrogen-bond acceptors (Lipinski definition) is 8. The van der Waals surface area contributed by atoms with Crippen LogP contribution in [0, 0.1) is 5.82 Å². The molecule has 3 heterocycles. The maximum Gasteiger partial charge on any atom is 0.250 e. The first-order chi connectivity index (χ1) is 17.1. The standard InChI is InChI=1S/C24H24ClFN4O5S/c1-24(6-8-34-9-7-24)23-29-28-21(35-23)16-10-19-20(11-17(16)26)36(32,33)13-18(27)22(31)30(19)12-14-2-4-15(25)5-3-14/h2-5,10-11,18H,6-9,12-13,27H2,1H3/t18-/m0/s1. The summed E-state index contributed by atoms with van der Waals surface area (Å²) in [5, 5.41) is 8.69. The highest BCUT2D eigenvalue weighted by Gasteiger charge is 2.38. The summed E-state index contributed by atoms with van der Waals surface area (Å²) in [6, 6.07) is 7.57. The van der Waals surface area contributed by atoms with Gasteiger partial charge in [0.15, 0.2) is 9.84 Å². The van der Waals surface area contributed by atoms with Gasteiger partial charge in [-0.2, -0.15) is 0 Å². The molecule has 1 fully saturated rings. The molecule has 2 aliphatic rings. The van der Waals surface area contributed by atoms with E-state index in [1.165, 1.54) is 11.0 Å². The molecule has 2 N–H and O–H groups in total. The van der Waals surface area contributed by atoms with Crippen molar-refractivity contribution in [1.82, 2.24) is 10.2 Å². The Hall–Kier alpha value is -2.86. The number of carbonyl (C=O) groups excluding carboxylic acids is 1. The van der Waals surface area contributed by atoms with Crippen LogP contribution in [-0.2, 0) is 31.3 Å². The molecule has 36 heavy (non-hydrogen) atoms. The van der Waals surface area contributed by atoms with Gasteiger partial charge >= 0.3 is 0 Å². The SMILES string of the molecule is CC1(c2nnc(-c3cc4c(cc3F)S(=O)(=O)C[C@H](N)C(=O)N4Cc3ccc(Cl)cc3)o2)CCOCC1. The maximum atomic E-state index is 15.3. The van der Waals surface area contributed by atoms with Crippen LogP contribution in [0.5, 0.6) is 0 Å². The molecule has 0 unspecified atom stereocenters.